The van der Waals surface area contributed by atoms with Crippen molar-refractivity contribution in [2.24, 2.45) is 5.73 Å². The van der Waals surface area contributed by atoms with Crippen molar-refractivity contribution in [1.29, 1.82) is 0 Å². The Bertz CT molecular complexity index is 398. The van der Waals surface area contributed by atoms with Crippen LogP contribution in [-0.2, 0) is 19.2 Å². The van der Waals surface area contributed by atoms with Crippen molar-refractivity contribution in [1.82, 2.24) is 15.1 Å². The highest BCUT2D eigenvalue weighted by molar-refractivity contribution is 5.85. The van der Waals surface area contributed by atoms with Crippen molar-refractivity contribution in [2.75, 3.05) is 33.2 Å². The van der Waals surface area contributed by atoms with Crippen LogP contribution in [0.4, 0.5) is 0 Å². The first-order valence-electron chi connectivity index (χ1n) is 6.88. The molecule has 8 nitrogen and oxygen atoms in total. The largest absolute Gasteiger partial charge is 0.368 e. The average Bonchev–Trinajstić information content (AvgIpc) is 2.43. The zero-order valence-corrected chi connectivity index (χ0v) is 12.8. The number of hydrogen-bond acceptors (Lipinski definition) is 4. The summed E-state index contributed by atoms with van der Waals surface area (Å²) in [7, 11) is 1.55. The number of amides is 4. The molecule has 8 heteroatoms. The van der Waals surface area contributed by atoms with Crippen LogP contribution in [0, 0.1) is 0 Å². The van der Waals surface area contributed by atoms with E-state index < -0.39 is 5.91 Å². The van der Waals surface area contributed by atoms with Crippen LogP contribution >= 0.6 is 0 Å². The zero-order valence-electron chi connectivity index (χ0n) is 12.8. The van der Waals surface area contributed by atoms with Crippen molar-refractivity contribution in [3.63, 3.8) is 0 Å². The van der Waals surface area contributed by atoms with Crippen LogP contribution < -0.4 is 11.1 Å². The molecular weight excluding hydrogens is 276 g/mol. The van der Waals surface area contributed by atoms with Gasteiger partial charge < -0.3 is 20.9 Å². The van der Waals surface area contributed by atoms with Gasteiger partial charge in [0.15, 0.2) is 0 Å². The first-order chi connectivity index (χ1) is 9.81. The molecule has 0 aromatic carbocycles. The first-order valence-corrected chi connectivity index (χ1v) is 6.88. The molecule has 4 amide bonds. The summed E-state index contributed by atoms with van der Waals surface area (Å²) in [6.45, 7) is 3.59. The van der Waals surface area contributed by atoms with E-state index in [9.17, 15) is 19.2 Å². The smallest absolute Gasteiger partial charge is 0.239 e. The van der Waals surface area contributed by atoms with Crippen LogP contribution in [0.25, 0.3) is 0 Å². The Balaban J connectivity index is 4.19. The van der Waals surface area contributed by atoms with Gasteiger partial charge in [-0.25, -0.2) is 0 Å². The third-order valence-electron chi connectivity index (χ3n) is 2.81. The number of carbonyl (C=O) groups excluding carboxylic acids is 4. The minimum Gasteiger partial charge on any atom is -0.368 e. The van der Waals surface area contributed by atoms with Gasteiger partial charge in [0.1, 0.15) is 0 Å². The van der Waals surface area contributed by atoms with E-state index in [2.05, 4.69) is 5.32 Å². The fraction of sp³-hybridized carbons (Fsp3) is 0.692. The third-order valence-corrected chi connectivity index (χ3v) is 2.81. The summed E-state index contributed by atoms with van der Waals surface area (Å²) in [5.74, 6) is -1.25. The minimum atomic E-state index is -0.601. The molecule has 0 aromatic heterocycles. The highest BCUT2D eigenvalue weighted by Gasteiger charge is 2.15. The van der Waals surface area contributed by atoms with Gasteiger partial charge in [0.05, 0.1) is 13.1 Å². The van der Waals surface area contributed by atoms with Gasteiger partial charge in [-0.2, -0.15) is 0 Å². The van der Waals surface area contributed by atoms with Gasteiger partial charge in [-0.1, -0.05) is 13.8 Å². The van der Waals surface area contributed by atoms with Crippen molar-refractivity contribution >= 4 is 23.6 Å². The third kappa shape index (κ3) is 7.91. The summed E-state index contributed by atoms with van der Waals surface area (Å²) in [4.78, 5) is 48.0. The van der Waals surface area contributed by atoms with Crippen molar-refractivity contribution in [3.8, 4) is 0 Å². The van der Waals surface area contributed by atoms with E-state index in [1.165, 1.54) is 9.80 Å². The lowest BCUT2D eigenvalue weighted by Gasteiger charge is -2.21. The van der Waals surface area contributed by atoms with Crippen molar-refractivity contribution in [3.05, 3.63) is 0 Å². The molecule has 0 rings (SSSR count). The Hall–Kier alpha value is -2.12. The molecule has 0 spiro atoms. The van der Waals surface area contributed by atoms with Gasteiger partial charge in [0, 0.05) is 33.0 Å². The fourth-order valence-corrected chi connectivity index (χ4v) is 1.66. The normalized spacial score (nSPS) is 9.86. The topological polar surface area (TPSA) is 113 Å². The predicted molar refractivity (Wildman–Crippen MR) is 77.0 cm³/mol. The molecule has 3 N–H and O–H groups in total. The van der Waals surface area contributed by atoms with Crippen LogP contribution in [0.3, 0.4) is 0 Å². The molecule has 0 bridgehead atoms. The second-order valence-electron chi connectivity index (χ2n) is 4.59. The number of nitrogens with zero attached hydrogens (tertiary/aromatic N) is 2. The SMILES string of the molecule is CCC(=O)N(C)CC(=O)NCCN(CC(N)=O)C(=O)CC. The highest BCUT2D eigenvalue weighted by atomic mass is 16.2. The molecule has 0 unspecified atom stereocenters. The Morgan fingerprint density at radius 2 is 1.57 bits per heavy atom. The molecule has 0 saturated heterocycles. The molecular formula is C13H24N4O4. The number of rotatable bonds is 9. The monoisotopic (exact) mass is 300 g/mol. The number of likely N-dealkylation sites (N-methyl/N-ethyl adjacent to an activating group) is 1. The Kier molecular flexibility index (Phi) is 8.75. The second kappa shape index (κ2) is 9.73. The number of nitrogens with two attached hydrogens (primary N) is 1. The van der Waals surface area contributed by atoms with E-state index in [0.717, 1.165) is 0 Å². The maximum atomic E-state index is 11.6. The summed E-state index contributed by atoms with van der Waals surface area (Å²) >= 11 is 0. The van der Waals surface area contributed by atoms with Gasteiger partial charge in [0.25, 0.3) is 0 Å². The quantitative estimate of drug-likeness (QED) is 0.550. The van der Waals surface area contributed by atoms with Crippen molar-refractivity contribution in [2.45, 2.75) is 26.7 Å². The lowest BCUT2D eigenvalue weighted by atomic mass is 10.3. The lowest BCUT2D eigenvalue weighted by Crippen LogP contribution is -2.44. The van der Waals surface area contributed by atoms with Gasteiger partial charge in [-0.3, -0.25) is 19.2 Å². The van der Waals surface area contributed by atoms with Crippen LogP contribution in [0.2, 0.25) is 0 Å². The zero-order chi connectivity index (χ0) is 16.4. The molecule has 0 saturated carbocycles. The highest BCUT2D eigenvalue weighted by Crippen LogP contribution is 1.93. The van der Waals surface area contributed by atoms with Crippen molar-refractivity contribution < 1.29 is 19.2 Å². The van der Waals surface area contributed by atoms with Crippen LogP contribution in [-0.4, -0.2) is 66.7 Å². The second-order valence-corrected chi connectivity index (χ2v) is 4.59. The average molecular weight is 300 g/mol. The minimum absolute atomic E-state index is 0.0375. The molecule has 0 heterocycles. The van der Waals surface area contributed by atoms with E-state index in [4.69, 9.17) is 5.73 Å². The summed E-state index contributed by atoms with van der Waals surface area (Å²) in [6.07, 6.45) is 0.593. The number of carbonyl (C=O) groups is 4. The predicted octanol–water partition coefficient (Wildman–Crippen LogP) is -1.31. The molecule has 0 aliphatic heterocycles. The standard InChI is InChI=1S/C13H24N4O4/c1-4-12(20)16(3)9-11(19)15-6-7-17(8-10(14)18)13(21)5-2/h4-9H2,1-3H3,(H2,14,18)(H,15,19). The van der Waals surface area contributed by atoms with E-state index in [-0.39, 0.29) is 50.3 Å². The summed E-state index contributed by atoms with van der Waals surface area (Å²) in [6, 6.07) is 0. The van der Waals surface area contributed by atoms with E-state index >= 15 is 0 Å². The number of hydrogen-bond donors (Lipinski definition) is 2. The van der Waals surface area contributed by atoms with Gasteiger partial charge >= 0.3 is 0 Å². The molecule has 0 aromatic rings. The Morgan fingerprint density at radius 3 is 2.05 bits per heavy atom. The molecule has 0 aliphatic carbocycles. The molecule has 0 atom stereocenters. The Morgan fingerprint density at radius 1 is 1.00 bits per heavy atom. The summed E-state index contributed by atoms with van der Waals surface area (Å²) < 4.78 is 0. The molecule has 0 aliphatic rings. The molecule has 21 heavy (non-hydrogen) atoms. The fourth-order valence-electron chi connectivity index (χ4n) is 1.66. The van der Waals surface area contributed by atoms with Crippen LogP contribution in [0.1, 0.15) is 26.7 Å². The van der Waals surface area contributed by atoms with Gasteiger partial charge in [-0.15, -0.1) is 0 Å². The maximum Gasteiger partial charge on any atom is 0.239 e. The molecule has 0 radical (unpaired) electrons. The number of nitrogens with one attached hydrogen (secondary N) is 1. The first kappa shape index (κ1) is 18.9. The maximum absolute atomic E-state index is 11.6. The van der Waals surface area contributed by atoms with Gasteiger partial charge in [0.2, 0.25) is 23.6 Å². The Labute approximate surface area is 124 Å². The van der Waals surface area contributed by atoms with E-state index in [1.807, 2.05) is 0 Å². The summed E-state index contributed by atoms with van der Waals surface area (Å²) in [5.41, 5.74) is 5.07. The number of primary amides is 1. The molecule has 0 fully saturated rings. The van der Waals surface area contributed by atoms with Gasteiger partial charge in [-0.05, 0) is 0 Å². The van der Waals surface area contributed by atoms with Crippen LogP contribution in [0.5, 0.6) is 0 Å². The summed E-state index contributed by atoms with van der Waals surface area (Å²) in [5, 5.41) is 2.60. The van der Waals surface area contributed by atoms with E-state index in [1.54, 1.807) is 20.9 Å². The molecule has 120 valence electrons. The lowest BCUT2D eigenvalue weighted by molar-refractivity contribution is -0.135. The van der Waals surface area contributed by atoms with E-state index in [0.29, 0.717) is 6.42 Å². The van der Waals surface area contributed by atoms with Crippen LogP contribution in [0.15, 0.2) is 0 Å².